The molecule has 0 bridgehead atoms. The molecule has 5 rings (SSSR count). The number of aromatic nitrogens is 2. The van der Waals surface area contributed by atoms with Crippen LogP contribution in [0.1, 0.15) is 74.5 Å². The lowest BCUT2D eigenvalue weighted by Gasteiger charge is -2.40. The second kappa shape index (κ2) is 10.8. The summed E-state index contributed by atoms with van der Waals surface area (Å²) in [6.45, 7) is 5.73. The van der Waals surface area contributed by atoms with Gasteiger partial charge in [0.15, 0.2) is 11.5 Å². The van der Waals surface area contributed by atoms with E-state index in [9.17, 15) is 4.79 Å². The van der Waals surface area contributed by atoms with Gasteiger partial charge in [-0.25, -0.2) is 14.8 Å². The normalized spacial score (nSPS) is 19.0. The number of carbonyl (C=O) groups is 1. The Morgan fingerprint density at radius 3 is 2.38 bits per heavy atom. The number of aliphatic hydroxyl groups is 1. The molecule has 2 saturated carbocycles. The fraction of sp³-hybridized carbons (Fsp3) is 0.577. The molecule has 8 heteroatoms. The van der Waals surface area contributed by atoms with Gasteiger partial charge in [-0.3, -0.25) is 0 Å². The molecule has 3 aliphatic rings. The Balaban J connectivity index is 0.000000620. The van der Waals surface area contributed by atoms with Crippen molar-refractivity contribution in [2.45, 2.75) is 71.3 Å². The zero-order valence-electron chi connectivity index (χ0n) is 19.9. The second-order valence-corrected chi connectivity index (χ2v) is 10.4. The van der Waals surface area contributed by atoms with Crippen molar-refractivity contribution in [1.29, 1.82) is 0 Å². The van der Waals surface area contributed by atoms with Gasteiger partial charge in [-0.05, 0) is 63.9 Å². The van der Waals surface area contributed by atoms with Gasteiger partial charge in [0.2, 0.25) is 0 Å². The minimum absolute atomic E-state index is 0.0833. The van der Waals surface area contributed by atoms with E-state index in [0.29, 0.717) is 38.2 Å². The first-order chi connectivity index (χ1) is 16.3. The van der Waals surface area contributed by atoms with Crippen LogP contribution in [-0.2, 0) is 4.74 Å². The summed E-state index contributed by atoms with van der Waals surface area (Å²) in [5.41, 5.74) is 2.66. The van der Waals surface area contributed by atoms with Gasteiger partial charge in [0, 0.05) is 18.7 Å². The summed E-state index contributed by atoms with van der Waals surface area (Å²) in [4.78, 5) is 24.5. The maximum Gasteiger partial charge on any atom is 0.360 e. The number of nitrogens with zero attached hydrogens (tertiary/aromatic N) is 3. The minimum Gasteiger partial charge on any atom is -0.461 e. The molecular formula is C26H33Cl2N3O3. The van der Waals surface area contributed by atoms with Crippen molar-refractivity contribution < 1.29 is 14.6 Å². The van der Waals surface area contributed by atoms with Crippen molar-refractivity contribution in [2.75, 3.05) is 24.6 Å². The predicted octanol–water partition coefficient (Wildman–Crippen LogP) is 6.24. The first kappa shape index (κ1) is 25.2. The number of halogens is 2. The molecule has 1 aromatic heterocycles. The number of aryl methyl sites for hydroxylation is 1. The first-order valence-corrected chi connectivity index (χ1v) is 13.0. The molecule has 0 atom stereocenters. The van der Waals surface area contributed by atoms with Gasteiger partial charge in [-0.2, -0.15) is 0 Å². The van der Waals surface area contributed by atoms with Gasteiger partial charge < -0.3 is 14.7 Å². The summed E-state index contributed by atoms with van der Waals surface area (Å²) in [5.74, 6) is 0.154. The van der Waals surface area contributed by atoms with Gasteiger partial charge in [-0.15, -0.1) is 0 Å². The van der Waals surface area contributed by atoms with Crippen LogP contribution in [-0.4, -0.2) is 46.8 Å². The lowest BCUT2D eigenvalue weighted by atomic mass is 9.77. The third-order valence-corrected chi connectivity index (χ3v) is 7.88. The summed E-state index contributed by atoms with van der Waals surface area (Å²) in [6, 6.07) is 5.38. The largest absolute Gasteiger partial charge is 0.461 e. The monoisotopic (exact) mass is 505 g/mol. The highest BCUT2D eigenvalue weighted by Crippen LogP contribution is 2.47. The van der Waals surface area contributed by atoms with Gasteiger partial charge >= 0.3 is 5.97 Å². The van der Waals surface area contributed by atoms with E-state index < -0.39 is 5.97 Å². The van der Waals surface area contributed by atoms with Crippen molar-refractivity contribution >= 4 is 35.0 Å². The number of ether oxygens (including phenoxy) is 1. The Kier molecular flexibility index (Phi) is 8.01. The van der Waals surface area contributed by atoms with Crippen molar-refractivity contribution in [3.05, 3.63) is 39.6 Å². The Morgan fingerprint density at radius 1 is 1.15 bits per heavy atom. The summed E-state index contributed by atoms with van der Waals surface area (Å²) < 4.78 is 5.31. The number of aliphatic hydroxyl groups excluding tert-OH is 1. The number of anilines is 1. The van der Waals surface area contributed by atoms with Crippen molar-refractivity contribution in [1.82, 2.24) is 9.97 Å². The molecule has 1 N–H and O–H groups in total. The number of carbonyl (C=O) groups excluding carboxylic acids is 1. The molecule has 2 heterocycles. The van der Waals surface area contributed by atoms with E-state index in [1.807, 2.05) is 19.1 Å². The summed E-state index contributed by atoms with van der Waals surface area (Å²) in [6.07, 6.45) is 9.75. The van der Waals surface area contributed by atoms with Gasteiger partial charge in [0.25, 0.3) is 0 Å². The van der Waals surface area contributed by atoms with Crippen LogP contribution in [0.5, 0.6) is 0 Å². The lowest BCUT2D eigenvalue weighted by molar-refractivity contribution is 0.0519. The average molecular weight is 506 g/mol. The Bertz CT molecular complexity index is 1030. The molecule has 0 unspecified atom stereocenters. The topological polar surface area (TPSA) is 75.5 Å². The molecule has 2 aromatic rings. The van der Waals surface area contributed by atoms with Crippen LogP contribution in [0.15, 0.2) is 18.2 Å². The molecule has 1 aromatic carbocycles. The van der Waals surface area contributed by atoms with Crippen LogP contribution in [0.25, 0.3) is 11.3 Å². The maximum absolute atomic E-state index is 12.8. The molecule has 0 radical (unpaired) electrons. The SMILES string of the molecule is CCOC(=O)c1nc(-c2cccc(Cl)c2Cl)c(C)nc1N1CCC2(CCCC2)CC1.OC1CC1. The highest BCUT2D eigenvalue weighted by Gasteiger charge is 2.38. The first-order valence-electron chi connectivity index (χ1n) is 12.3. The summed E-state index contributed by atoms with van der Waals surface area (Å²) >= 11 is 12.6. The summed E-state index contributed by atoms with van der Waals surface area (Å²) in [7, 11) is 0. The van der Waals surface area contributed by atoms with Crippen molar-refractivity contribution in [2.24, 2.45) is 5.41 Å². The molecule has 1 saturated heterocycles. The van der Waals surface area contributed by atoms with E-state index in [-0.39, 0.29) is 18.4 Å². The van der Waals surface area contributed by atoms with Gasteiger partial charge in [0.1, 0.15) is 0 Å². The van der Waals surface area contributed by atoms with Gasteiger partial charge in [0.05, 0.1) is 34.1 Å². The number of esters is 1. The number of benzene rings is 1. The molecule has 2 aliphatic carbocycles. The number of hydrogen-bond donors (Lipinski definition) is 1. The van der Waals surface area contributed by atoms with Crippen LogP contribution in [0.3, 0.4) is 0 Å². The highest BCUT2D eigenvalue weighted by molar-refractivity contribution is 6.43. The van der Waals surface area contributed by atoms with Gasteiger partial charge in [-0.1, -0.05) is 48.2 Å². The molecule has 184 valence electrons. The van der Waals surface area contributed by atoms with Crippen LogP contribution in [0, 0.1) is 12.3 Å². The smallest absolute Gasteiger partial charge is 0.360 e. The van der Waals surface area contributed by atoms with Crippen molar-refractivity contribution in [3.8, 4) is 11.3 Å². The predicted molar refractivity (Wildman–Crippen MR) is 136 cm³/mol. The molecule has 0 amide bonds. The Labute approximate surface area is 211 Å². The van der Waals surface area contributed by atoms with Crippen LogP contribution in [0.2, 0.25) is 10.0 Å². The van der Waals surface area contributed by atoms with E-state index in [1.165, 1.54) is 25.7 Å². The maximum atomic E-state index is 12.8. The quantitative estimate of drug-likeness (QED) is 0.495. The molecule has 34 heavy (non-hydrogen) atoms. The fourth-order valence-corrected chi connectivity index (χ4v) is 5.29. The van der Waals surface area contributed by atoms with Crippen LogP contribution in [0.4, 0.5) is 5.82 Å². The third kappa shape index (κ3) is 5.67. The number of piperidine rings is 1. The molecule has 1 aliphatic heterocycles. The Morgan fingerprint density at radius 2 is 1.79 bits per heavy atom. The fourth-order valence-electron chi connectivity index (χ4n) is 4.90. The zero-order chi connectivity index (χ0) is 24.3. The molecular weight excluding hydrogens is 473 g/mol. The van der Waals surface area contributed by atoms with Crippen LogP contribution < -0.4 is 4.90 Å². The van der Waals surface area contributed by atoms with E-state index in [0.717, 1.165) is 38.8 Å². The third-order valence-electron chi connectivity index (χ3n) is 7.06. The van der Waals surface area contributed by atoms with Crippen molar-refractivity contribution in [3.63, 3.8) is 0 Å². The molecule has 6 nitrogen and oxygen atoms in total. The second-order valence-electron chi connectivity index (χ2n) is 9.58. The average Bonchev–Trinajstić information content (AvgIpc) is 3.48. The highest BCUT2D eigenvalue weighted by atomic mass is 35.5. The number of rotatable bonds is 4. The molecule has 3 fully saturated rings. The van der Waals surface area contributed by atoms with Crippen LogP contribution >= 0.6 is 23.2 Å². The minimum atomic E-state index is -0.458. The lowest BCUT2D eigenvalue weighted by Crippen LogP contribution is -2.40. The van der Waals surface area contributed by atoms with E-state index in [1.54, 1.807) is 13.0 Å². The van der Waals surface area contributed by atoms with E-state index in [2.05, 4.69) is 4.90 Å². The standard InChI is InChI=1S/C23H27Cl2N3O2.C3H6O/c1-3-30-22(29)20-21(28-13-11-23(12-14-28)9-4-5-10-23)26-15(2)19(27-20)16-7-6-8-17(24)18(16)25;4-3-1-2-3/h6-8H,3-5,9-14H2,1-2H3;3-4H,1-2H2. The summed E-state index contributed by atoms with van der Waals surface area (Å²) in [5, 5.41) is 9.01. The zero-order valence-corrected chi connectivity index (χ0v) is 21.5. The number of hydrogen-bond acceptors (Lipinski definition) is 6. The molecule has 1 spiro atoms. The van der Waals surface area contributed by atoms with E-state index in [4.69, 9.17) is 43.0 Å². The Hall–Kier alpha value is -1.89. The van der Waals surface area contributed by atoms with E-state index >= 15 is 0 Å².